The molecule has 0 saturated heterocycles. The van der Waals surface area contributed by atoms with Crippen LogP contribution in [0.3, 0.4) is 0 Å². The minimum absolute atomic E-state index is 0. The van der Waals surface area contributed by atoms with Crippen molar-refractivity contribution in [1.29, 1.82) is 0 Å². The summed E-state index contributed by atoms with van der Waals surface area (Å²) >= 11 is 0. The summed E-state index contributed by atoms with van der Waals surface area (Å²) in [5.74, 6) is 0.802. The zero-order valence-corrected chi connectivity index (χ0v) is 9.86. The standard InChI is InChI=1S/C8H20N2.2ClH/c1-4-6-9-10-7-5-8(2)3;;/h8-10H,4-7H2,1-3H3;2*1H. The summed E-state index contributed by atoms with van der Waals surface area (Å²) in [6.45, 7) is 8.79. The smallest absolute Gasteiger partial charge is 0.0102 e. The molecule has 78 valence electrons. The van der Waals surface area contributed by atoms with Gasteiger partial charge in [-0.2, -0.15) is 0 Å². The van der Waals surface area contributed by atoms with Crippen LogP contribution in [-0.2, 0) is 0 Å². The van der Waals surface area contributed by atoms with Crippen molar-refractivity contribution in [3.05, 3.63) is 0 Å². The van der Waals surface area contributed by atoms with Crippen LogP contribution in [0.25, 0.3) is 0 Å². The molecule has 2 nitrogen and oxygen atoms in total. The molecule has 0 atom stereocenters. The molecule has 0 aromatic rings. The molecular weight excluding hydrogens is 195 g/mol. The predicted octanol–water partition coefficient (Wildman–Crippen LogP) is 2.38. The molecule has 0 aromatic carbocycles. The zero-order valence-electron chi connectivity index (χ0n) is 8.22. The molecule has 0 aromatic heterocycles. The second kappa shape index (κ2) is 14.0. The minimum Gasteiger partial charge on any atom is -0.258 e. The van der Waals surface area contributed by atoms with E-state index in [2.05, 4.69) is 31.6 Å². The molecule has 12 heavy (non-hydrogen) atoms. The van der Waals surface area contributed by atoms with E-state index < -0.39 is 0 Å². The van der Waals surface area contributed by atoms with E-state index in [1.54, 1.807) is 0 Å². The van der Waals surface area contributed by atoms with Crippen LogP contribution in [0, 0.1) is 5.92 Å². The summed E-state index contributed by atoms with van der Waals surface area (Å²) in [5, 5.41) is 0. The van der Waals surface area contributed by atoms with Crippen molar-refractivity contribution in [2.45, 2.75) is 33.6 Å². The molecule has 0 radical (unpaired) electrons. The lowest BCUT2D eigenvalue weighted by atomic mass is 10.1. The van der Waals surface area contributed by atoms with Gasteiger partial charge in [-0.3, -0.25) is 10.9 Å². The SMILES string of the molecule is CCCNNCCC(C)C.Cl.Cl. The fourth-order valence-electron chi connectivity index (χ4n) is 0.663. The topological polar surface area (TPSA) is 24.1 Å². The maximum atomic E-state index is 3.17. The van der Waals surface area contributed by atoms with Crippen LogP contribution in [0.1, 0.15) is 33.6 Å². The van der Waals surface area contributed by atoms with Crippen molar-refractivity contribution in [2.75, 3.05) is 13.1 Å². The van der Waals surface area contributed by atoms with Crippen LogP contribution >= 0.6 is 24.8 Å². The largest absolute Gasteiger partial charge is 0.258 e. The zero-order chi connectivity index (χ0) is 7.82. The Morgan fingerprint density at radius 3 is 1.92 bits per heavy atom. The molecule has 0 bridgehead atoms. The number of halogens is 2. The third-order valence-electron chi connectivity index (χ3n) is 1.35. The van der Waals surface area contributed by atoms with Crippen molar-refractivity contribution >= 4 is 24.8 Å². The van der Waals surface area contributed by atoms with Gasteiger partial charge in [-0.15, -0.1) is 24.8 Å². The summed E-state index contributed by atoms with van der Waals surface area (Å²) in [7, 11) is 0. The lowest BCUT2D eigenvalue weighted by Gasteiger charge is -2.06. The lowest BCUT2D eigenvalue weighted by Crippen LogP contribution is -2.33. The Hall–Kier alpha value is 0.500. The van der Waals surface area contributed by atoms with Gasteiger partial charge in [0.05, 0.1) is 0 Å². The molecule has 0 fully saturated rings. The summed E-state index contributed by atoms with van der Waals surface area (Å²) < 4.78 is 0. The Kier molecular flexibility index (Phi) is 21.4. The fourth-order valence-corrected chi connectivity index (χ4v) is 0.663. The number of hydrogen-bond donors (Lipinski definition) is 2. The highest BCUT2D eigenvalue weighted by Gasteiger charge is 1.90. The first-order valence-electron chi connectivity index (χ1n) is 4.23. The average Bonchev–Trinajstić information content (AvgIpc) is 1.87. The molecule has 2 N–H and O–H groups in total. The Morgan fingerprint density at radius 1 is 1.00 bits per heavy atom. The third-order valence-corrected chi connectivity index (χ3v) is 1.35. The first-order valence-corrected chi connectivity index (χ1v) is 4.23. The van der Waals surface area contributed by atoms with Gasteiger partial charge in [0, 0.05) is 13.1 Å². The van der Waals surface area contributed by atoms with Crippen LogP contribution in [0.2, 0.25) is 0 Å². The highest BCUT2D eigenvalue weighted by molar-refractivity contribution is 5.85. The van der Waals surface area contributed by atoms with Crippen molar-refractivity contribution in [1.82, 2.24) is 10.9 Å². The van der Waals surface area contributed by atoms with Gasteiger partial charge in [-0.1, -0.05) is 20.8 Å². The van der Waals surface area contributed by atoms with Gasteiger partial charge in [-0.25, -0.2) is 0 Å². The lowest BCUT2D eigenvalue weighted by molar-refractivity contribution is 0.474. The van der Waals surface area contributed by atoms with Crippen molar-refractivity contribution in [3.8, 4) is 0 Å². The second-order valence-corrected chi connectivity index (χ2v) is 3.04. The molecule has 0 aliphatic rings. The van der Waals surface area contributed by atoms with Crippen LogP contribution in [0.5, 0.6) is 0 Å². The van der Waals surface area contributed by atoms with Crippen molar-refractivity contribution in [2.24, 2.45) is 5.92 Å². The third kappa shape index (κ3) is 16.8. The van der Waals surface area contributed by atoms with Crippen LogP contribution in [0.4, 0.5) is 0 Å². The van der Waals surface area contributed by atoms with Gasteiger partial charge in [-0.05, 0) is 18.8 Å². The Morgan fingerprint density at radius 2 is 1.50 bits per heavy atom. The van der Waals surface area contributed by atoms with E-state index in [1.165, 1.54) is 12.8 Å². The molecule has 0 saturated carbocycles. The van der Waals surface area contributed by atoms with Crippen LogP contribution in [-0.4, -0.2) is 13.1 Å². The minimum atomic E-state index is 0. The summed E-state index contributed by atoms with van der Waals surface area (Å²) in [6.07, 6.45) is 2.44. The first-order chi connectivity index (χ1) is 4.77. The Bertz CT molecular complexity index is 70.1. The molecule has 0 aliphatic carbocycles. The normalized spacial score (nSPS) is 9.00. The summed E-state index contributed by atoms with van der Waals surface area (Å²) in [4.78, 5) is 0. The monoisotopic (exact) mass is 216 g/mol. The molecule has 0 unspecified atom stereocenters. The van der Waals surface area contributed by atoms with Crippen LogP contribution in [0.15, 0.2) is 0 Å². The Labute approximate surface area is 88.7 Å². The van der Waals surface area contributed by atoms with Crippen LogP contribution < -0.4 is 10.9 Å². The highest BCUT2D eigenvalue weighted by Crippen LogP contribution is 1.95. The molecule has 0 rings (SSSR count). The van der Waals surface area contributed by atoms with Gasteiger partial charge in [0.1, 0.15) is 0 Å². The van der Waals surface area contributed by atoms with Gasteiger partial charge in [0.25, 0.3) is 0 Å². The summed E-state index contributed by atoms with van der Waals surface area (Å²) in [6, 6.07) is 0. The van der Waals surface area contributed by atoms with E-state index in [9.17, 15) is 0 Å². The second-order valence-electron chi connectivity index (χ2n) is 3.04. The molecule has 0 spiro atoms. The van der Waals surface area contributed by atoms with E-state index in [1.807, 2.05) is 0 Å². The van der Waals surface area contributed by atoms with Gasteiger partial charge < -0.3 is 0 Å². The maximum absolute atomic E-state index is 3.17. The summed E-state index contributed by atoms with van der Waals surface area (Å²) in [5.41, 5.74) is 6.31. The van der Waals surface area contributed by atoms with Crippen molar-refractivity contribution < 1.29 is 0 Å². The number of hydrogen-bond acceptors (Lipinski definition) is 2. The fraction of sp³-hybridized carbons (Fsp3) is 1.00. The average molecular weight is 217 g/mol. The number of rotatable bonds is 6. The molecular formula is C8H22Cl2N2. The quantitative estimate of drug-likeness (QED) is 0.527. The number of hydrazine groups is 1. The van der Waals surface area contributed by atoms with Crippen molar-refractivity contribution in [3.63, 3.8) is 0 Å². The van der Waals surface area contributed by atoms with E-state index in [0.717, 1.165) is 19.0 Å². The van der Waals surface area contributed by atoms with E-state index >= 15 is 0 Å². The first kappa shape index (κ1) is 18.3. The maximum Gasteiger partial charge on any atom is 0.0102 e. The highest BCUT2D eigenvalue weighted by atomic mass is 35.5. The van der Waals surface area contributed by atoms with E-state index in [4.69, 9.17) is 0 Å². The van der Waals surface area contributed by atoms with Gasteiger partial charge in [0.2, 0.25) is 0 Å². The number of nitrogens with one attached hydrogen (secondary N) is 2. The van der Waals surface area contributed by atoms with E-state index in [0.29, 0.717) is 0 Å². The molecule has 4 heteroatoms. The Balaban J connectivity index is -0.000000405. The molecule has 0 heterocycles. The molecule has 0 amide bonds. The van der Waals surface area contributed by atoms with E-state index in [-0.39, 0.29) is 24.8 Å². The molecule has 0 aliphatic heterocycles. The predicted molar refractivity (Wildman–Crippen MR) is 60.2 cm³/mol. The van der Waals surface area contributed by atoms with Gasteiger partial charge in [0.15, 0.2) is 0 Å². The van der Waals surface area contributed by atoms with Gasteiger partial charge >= 0.3 is 0 Å².